The lowest BCUT2D eigenvalue weighted by Crippen LogP contribution is -2.56. The molecule has 4 aliphatic rings. The van der Waals surface area contributed by atoms with Crippen LogP contribution in [-0.2, 0) is 31.8 Å². The van der Waals surface area contributed by atoms with Crippen molar-refractivity contribution in [2.45, 2.75) is 76.7 Å². The lowest BCUT2D eigenvalue weighted by molar-refractivity contribution is -0.138. The van der Waals surface area contributed by atoms with Crippen LogP contribution in [0.5, 0.6) is 0 Å². The number of thiazole rings is 1. The number of methoxy groups -OCH3 is 1. The number of amides is 3. The second-order valence-corrected chi connectivity index (χ2v) is 13.3. The monoisotopic (exact) mass is 663 g/mol. The van der Waals surface area contributed by atoms with E-state index in [2.05, 4.69) is 25.7 Å². The van der Waals surface area contributed by atoms with Crippen molar-refractivity contribution in [2.24, 2.45) is 23.7 Å². The molecule has 2 aromatic rings. The van der Waals surface area contributed by atoms with Gasteiger partial charge in [0, 0.05) is 18.3 Å². The number of pyridine rings is 1. The molecule has 4 fully saturated rings. The fourth-order valence-corrected chi connectivity index (χ4v) is 8.09. The number of alkyl halides is 3. The smallest absolute Gasteiger partial charge is 0.443 e. The highest BCUT2D eigenvalue weighted by Gasteiger charge is 2.48. The minimum Gasteiger partial charge on any atom is -0.466 e. The van der Waals surface area contributed by atoms with Crippen molar-refractivity contribution in [3.63, 3.8) is 0 Å². The Bertz CT molecular complexity index is 1560. The number of nitrogens with one attached hydrogen (secondary N) is 3. The first-order valence-corrected chi connectivity index (χ1v) is 16.0. The quantitative estimate of drug-likeness (QED) is 0.245. The largest absolute Gasteiger partial charge is 0.466 e. The molecule has 4 aliphatic carbocycles. The summed E-state index contributed by atoms with van der Waals surface area (Å²) in [6.07, 6.45) is 5.07. The van der Waals surface area contributed by atoms with E-state index in [9.17, 15) is 37.1 Å². The molecule has 0 aromatic carbocycles. The van der Waals surface area contributed by atoms with Gasteiger partial charge >= 0.3 is 12.1 Å². The van der Waals surface area contributed by atoms with Crippen molar-refractivity contribution in [3.8, 4) is 0 Å². The van der Waals surface area contributed by atoms with Gasteiger partial charge in [0.15, 0.2) is 5.01 Å². The third-order valence-electron chi connectivity index (χ3n) is 9.09. The van der Waals surface area contributed by atoms with E-state index >= 15 is 0 Å². The van der Waals surface area contributed by atoms with Crippen molar-refractivity contribution in [1.29, 1.82) is 0 Å². The average molecular weight is 664 g/mol. The summed E-state index contributed by atoms with van der Waals surface area (Å²) in [6.45, 7) is 1.01. The Morgan fingerprint density at radius 3 is 2.41 bits per heavy atom. The van der Waals surface area contributed by atoms with E-state index in [-0.39, 0.29) is 58.9 Å². The van der Waals surface area contributed by atoms with Crippen LogP contribution >= 0.6 is 11.3 Å². The van der Waals surface area contributed by atoms with Gasteiger partial charge in [-0.3, -0.25) is 19.2 Å². The summed E-state index contributed by atoms with van der Waals surface area (Å²) in [5.74, 6) is -0.262. The molecule has 3 N–H and O–H groups in total. The Labute approximate surface area is 267 Å². The van der Waals surface area contributed by atoms with Crippen LogP contribution in [-0.4, -0.2) is 52.4 Å². The first kappa shape index (κ1) is 33.4. The third kappa shape index (κ3) is 7.68. The molecule has 248 valence electrons. The zero-order valence-electron chi connectivity index (χ0n) is 25.4. The molecule has 3 amide bonds. The van der Waals surface area contributed by atoms with Crippen LogP contribution in [0.25, 0.3) is 0 Å². The van der Waals surface area contributed by atoms with Gasteiger partial charge in [-0.1, -0.05) is 6.08 Å². The molecular formula is C31H36F3N5O6S. The maximum absolute atomic E-state index is 13.3. The fourth-order valence-electron chi connectivity index (χ4n) is 7.25. The molecule has 0 aliphatic heterocycles. The highest BCUT2D eigenvalue weighted by molar-refractivity contribution is 7.13. The van der Waals surface area contributed by atoms with Gasteiger partial charge in [0.1, 0.15) is 23.2 Å². The molecule has 2 heterocycles. The van der Waals surface area contributed by atoms with Crippen LogP contribution in [0.4, 0.5) is 18.9 Å². The van der Waals surface area contributed by atoms with E-state index in [1.165, 1.54) is 49.4 Å². The molecule has 4 saturated carbocycles. The van der Waals surface area contributed by atoms with Gasteiger partial charge in [-0.15, -0.1) is 11.3 Å². The Balaban J connectivity index is 1.26. The van der Waals surface area contributed by atoms with E-state index in [0.29, 0.717) is 11.8 Å². The zero-order chi connectivity index (χ0) is 33.2. The van der Waals surface area contributed by atoms with Crippen LogP contribution in [0.3, 0.4) is 0 Å². The molecule has 11 nitrogen and oxygen atoms in total. The number of allylic oxidation sites excluding steroid dienone is 1. The first-order chi connectivity index (χ1) is 21.8. The summed E-state index contributed by atoms with van der Waals surface area (Å²) in [4.78, 5) is 67.1. The van der Waals surface area contributed by atoms with Gasteiger partial charge in [0.2, 0.25) is 11.8 Å². The van der Waals surface area contributed by atoms with E-state index in [0.717, 1.165) is 43.6 Å². The summed E-state index contributed by atoms with van der Waals surface area (Å²) in [5, 5.41) is 6.87. The maximum atomic E-state index is 13.3. The number of anilines is 1. The Morgan fingerprint density at radius 2 is 1.80 bits per heavy atom. The van der Waals surface area contributed by atoms with Gasteiger partial charge in [-0.25, -0.2) is 9.78 Å². The van der Waals surface area contributed by atoms with Gasteiger partial charge in [0.05, 0.1) is 12.8 Å². The summed E-state index contributed by atoms with van der Waals surface area (Å²) in [7, 11) is 1.19. The van der Waals surface area contributed by atoms with Crippen LogP contribution in [0.1, 0.15) is 65.3 Å². The number of esters is 1. The molecule has 0 radical (unpaired) electrons. The molecule has 0 unspecified atom stereocenters. The molecule has 4 bridgehead atoms. The molecule has 6 rings (SSSR count). The predicted molar refractivity (Wildman–Crippen MR) is 162 cm³/mol. The van der Waals surface area contributed by atoms with Crippen LogP contribution in [0, 0.1) is 30.6 Å². The average Bonchev–Trinajstić information content (AvgIpc) is 3.40. The molecule has 15 heteroatoms. The molecule has 1 atom stereocenters. The highest BCUT2D eigenvalue weighted by Crippen LogP contribution is 2.53. The van der Waals surface area contributed by atoms with Crippen molar-refractivity contribution in [2.75, 3.05) is 12.4 Å². The van der Waals surface area contributed by atoms with Crippen molar-refractivity contribution < 1.29 is 37.1 Å². The van der Waals surface area contributed by atoms with Crippen molar-refractivity contribution in [1.82, 2.24) is 20.2 Å². The number of halogens is 3. The number of ether oxygens (including phenoxy) is 1. The number of aromatic nitrogens is 2. The van der Waals surface area contributed by atoms with E-state index in [4.69, 9.17) is 0 Å². The van der Waals surface area contributed by atoms with Crippen LogP contribution < -0.4 is 21.5 Å². The van der Waals surface area contributed by atoms with Crippen molar-refractivity contribution in [3.05, 3.63) is 56.4 Å². The summed E-state index contributed by atoms with van der Waals surface area (Å²) in [6, 6.07) is 1.65. The molecule has 0 spiro atoms. The Hall–Kier alpha value is -4.01. The van der Waals surface area contributed by atoms with E-state index in [1.54, 1.807) is 0 Å². The summed E-state index contributed by atoms with van der Waals surface area (Å²) in [5.41, 5.74) is -0.940. The second-order valence-electron chi connectivity index (χ2n) is 12.3. The number of hydrogen-bond acceptors (Lipinski definition) is 8. The topological polar surface area (TPSA) is 148 Å². The van der Waals surface area contributed by atoms with E-state index in [1.807, 2.05) is 0 Å². The first-order valence-electron chi connectivity index (χ1n) is 15.2. The maximum Gasteiger partial charge on any atom is 0.443 e. The number of nitrogens with zero attached hydrogens (tertiary/aromatic N) is 2. The van der Waals surface area contributed by atoms with Gasteiger partial charge in [0.25, 0.3) is 11.5 Å². The standard InChI is InChI=1S/C31H36F3N5O6S/c1-16-26(46-30(35-16)31(32,33)34)28(43)36-21(6-3-4-8-24(41)45-2)27(42)37-22-7-5-9-39(29(22)44)15-23(40)38-25-19-11-17-10-18(13-19)14-20(25)12-17/h4-5,7-9,17-21,25H,3,6,10-15H2,1-2H3,(H,36,43)(H,37,42)(H,38,40)/b8-4+/t17?,18?,19?,20?,21-,25?/m0/s1. The zero-order valence-corrected chi connectivity index (χ0v) is 26.2. The van der Waals surface area contributed by atoms with Gasteiger partial charge in [-0.05, 0) is 87.7 Å². The van der Waals surface area contributed by atoms with Crippen molar-refractivity contribution >= 4 is 40.7 Å². The minimum atomic E-state index is -4.75. The SMILES string of the molecule is COC(=O)/C=C/CC[C@H](NC(=O)c1sc(C(F)(F)F)nc1C)C(=O)Nc1cccn(CC(=O)NC2C3CC4CC(C3)CC2C4)c1=O. The normalized spacial score (nSPS) is 24.1. The second kappa shape index (κ2) is 13.8. The van der Waals surface area contributed by atoms with Gasteiger partial charge in [-0.2, -0.15) is 13.2 Å². The lowest BCUT2D eigenvalue weighted by Gasteiger charge is -2.54. The molecule has 2 aromatic heterocycles. The summed E-state index contributed by atoms with van der Waals surface area (Å²) >= 11 is 0.151. The number of carbonyl (C=O) groups excluding carboxylic acids is 4. The molecular weight excluding hydrogens is 627 g/mol. The number of rotatable bonds is 11. The minimum absolute atomic E-state index is 0.0656. The van der Waals surface area contributed by atoms with Crippen LogP contribution in [0.2, 0.25) is 0 Å². The Kier molecular flexibility index (Phi) is 9.99. The van der Waals surface area contributed by atoms with Gasteiger partial charge < -0.3 is 25.3 Å². The summed E-state index contributed by atoms with van der Waals surface area (Å²) < 4.78 is 45.2. The molecule has 46 heavy (non-hydrogen) atoms. The fraction of sp³-hybridized carbons (Fsp3) is 0.548. The predicted octanol–water partition coefficient (Wildman–Crippen LogP) is 3.82. The Morgan fingerprint density at radius 1 is 1.13 bits per heavy atom. The number of carbonyl (C=O) groups is 4. The third-order valence-corrected chi connectivity index (χ3v) is 10.3. The van der Waals surface area contributed by atoms with Crippen LogP contribution in [0.15, 0.2) is 35.3 Å². The number of hydrogen-bond donors (Lipinski definition) is 3. The highest BCUT2D eigenvalue weighted by atomic mass is 32.1. The van der Waals surface area contributed by atoms with E-state index < -0.39 is 40.6 Å². The number of aryl methyl sites for hydroxylation is 1. The lowest BCUT2D eigenvalue weighted by atomic mass is 9.54. The molecule has 0 saturated heterocycles.